The molecule has 2 aromatic rings. The molecule has 1 heterocycles. The van der Waals surface area contributed by atoms with Crippen molar-refractivity contribution in [2.75, 3.05) is 6.54 Å². The van der Waals surface area contributed by atoms with Crippen molar-refractivity contribution in [2.24, 2.45) is 16.6 Å². The van der Waals surface area contributed by atoms with E-state index in [1.165, 1.54) is 18.2 Å². The Hall–Kier alpha value is -2.96. The van der Waals surface area contributed by atoms with Gasteiger partial charge in [-0.15, -0.1) is 0 Å². The topological polar surface area (TPSA) is 70.7 Å². The number of hydrogen-bond acceptors (Lipinski definition) is 4. The minimum Gasteiger partial charge on any atom is -0.370 e. The van der Waals surface area contributed by atoms with Gasteiger partial charge in [-0.05, 0) is 49.1 Å². The van der Waals surface area contributed by atoms with Crippen LogP contribution in [0.1, 0.15) is 48.7 Å². The molecule has 0 saturated carbocycles. The van der Waals surface area contributed by atoms with Gasteiger partial charge in [0.2, 0.25) is 0 Å². The number of aliphatic imine (C=N–C) groups is 1. The third-order valence-corrected chi connectivity index (χ3v) is 5.82. The molecule has 3 N–H and O–H groups in total. The summed E-state index contributed by atoms with van der Waals surface area (Å²) in [6, 6.07) is 10.4. The van der Waals surface area contributed by atoms with Crippen LogP contribution >= 0.6 is 0 Å². The molecule has 7 heteroatoms. The van der Waals surface area contributed by atoms with Crippen molar-refractivity contribution in [3.05, 3.63) is 70.8 Å². The van der Waals surface area contributed by atoms with E-state index in [4.69, 9.17) is 5.73 Å². The number of carbonyl (C=O) groups excluding carboxylic acids is 1. The first kappa shape index (κ1) is 21.7. The highest BCUT2D eigenvalue weighted by atomic mass is 19.1. The molecule has 1 aliphatic rings. The lowest BCUT2D eigenvalue weighted by molar-refractivity contribution is 0.0950. The summed E-state index contributed by atoms with van der Waals surface area (Å²) in [6.45, 7) is 7.40. The largest absolute Gasteiger partial charge is 0.370 e. The predicted octanol–water partition coefficient (Wildman–Crippen LogP) is 3.83. The number of amides is 1. The summed E-state index contributed by atoms with van der Waals surface area (Å²) in [6.07, 6.45) is 0.844. The lowest BCUT2D eigenvalue weighted by Crippen LogP contribution is -2.48. The van der Waals surface area contributed by atoms with Crippen LogP contribution in [0.25, 0.3) is 0 Å². The van der Waals surface area contributed by atoms with E-state index < -0.39 is 17.5 Å². The van der Waals surface area contributed by atoms with E-state index in [2.05, 4.69) is 31.1 Å². The number of rotatable bonds is 6. The predicted molar refractivity (Wildman–Crippen MR) is 114 cm³/mol. The third-order valence-electron chi connectivity index (χ3n) is 5.82. The fraction of sp³-hybridized carbons (Fsp3) is 0.391. The highest BCUT2D eigenvalue weighted by Crippen LogP contribution is 2.29. The SMILES string of the molecule is CC(C)C1(C)CCN(Cc2cc(F)cc(C(=O)NCc3ccccc3F)c2)C(N)=N1. The van der Waals surface area contributed by atoms with Crippen molar-refractivity contribution in [3.8, 4) is 0 Å². The molecule has 0 aliphatic carbocycles. The van der Waals surface area contributed by atoms with Gasteiger partial charge in [0.05, 0.1) is 5.54 Å². The van der Waals surface area contributed by atoms with E-state index in [0.29, 0.717) is 36.1 Å². The maximum Gasteiger partial charge on any atom is 0.251 e. The lowest BCUT2D eigenvalue weighted by Gasteiger charge is -2.39. The molecule has 30 heavy (non-hydrogen) atoms. The number of benzene rings is 2. The molecule has 0 fully saturated rings. The molecule has 0 bridgehead atoms. The molecule has 3 rings (SSSR count). The molecule has 0 radical (unpaired) electrons. The standard InChI is InChI=1S/C23H28F2N4O/c1-15(2)23(3)8-9-29(22(26)28-23)14-16-10-18(12-19(24)11-16)21(30)27-13-17-6-4-5-7-20(17)25/h4-7,10-12,15H,8-9,13-14H2,1-3H3,(H2,26,28)(H,27,30). The van der Waals surface area contributed by atoms with Gasteiger partial charge in [0.15, 0.2) is 5.96 Å². The molecule has 1 amide bonds. The number of halogens is 2. The molecular weight excluding hydrogens is 386 g/mol. The van der Waals surface area contributed by atoms with Crippen molar-refractivity contribution in [3.63, 3.8) is 0 Å². The van der Waals surface area contributed by atoms with Crippen LogP contribution in [-0.2, 0) is 13.1 Å². The number of guanidine groups is 1. The summed E-state index contributed by atoms with van der Waals surface area (Å²) >= 11 is 0. The third kappa shape index (κ3) is 4.96. The smallest absolute Gasteiger partial charge is 0.251 e. The Morgan fingerprint density at radius 2 is 2.00 bits per heavy atom. The Labute approximate surface area is 176 Å². The van der Waals surface area contributed by atoms with Crippen molar-refractivity contribution >= 4 is 11.9 Å². The molecule has 0 saturated heterocycles. The van der Waals surface area contributed by atoms with Crippen molar-refractivity contribution in [1.29, 1.82) is 0 Å². The zero-order chi connectivity index (χ0) is 21.9. The van der Waals surface area contributed by atoms with E-state index in [-0.39, 0.29) is 17.6 Å². The molecular formula is C23H28F2N4O. The summed E-state index contributed by atoms with van der Waals surface area (Å²) in [5.74, 6) is -0.592. The molecule has 1 unspecified atom stereocenters. The number of nitrogens with one attached hydrogen (secondary N) is 1. The van der Waals surface area contributed by atoms with Crippen molar-refractivity contribution < 1.29 is 13.6 Å². The van der Waals surface area contributed by atoms with E-state index in [9.17, 15) is 13.6 Å². The highest BCUT2D eigenvalue weighted by molar-refractivity contribution is 5.94. The summed E-state index contributed by atoms with van der Waals surface area (Å²) in [4.78, 5) is 19.0. The Balaban J connectivity index is 1.71. The van der Waals surface area contributed by atoms with Crippen LogP contribution in [0, 0.1) is 17.6 Å². The molecule has 5 nitrogen and oxygen atoms in total. The number of carbonyl (C=O) groups is 1. The van der Waals surface area contributed by atoms with Gasteiger partial charge in [-0.1, -0.05) is 32.0 Å². The van der Waals surface area contributed by atoms with Gasteiger partial charge in [-0.3, -0.25) is 4.79 Å². The Bertz CT molecular complexity index is 960. The zero-order valence-corrected chi connectivity index (χ0v) is 17.6. The van der Waals surface area contributed by atoms with Crippen molar-refractivity contribution in [1.82, 2.24) is 10.2 Å². The van der Waals surface area contributed by atoms with Gasteiger partial charge in [0, 0.05) is 30.8 Å². The van der Waals surface area contributed by atoms with E-state index in [1.807, 2.05) is 4.90 Å². The Morgan fingerprint density at radius 1 is 1.27 bits per heavy atom. The molecule has 2 aromatic carbocycles. The second kappa shape index (κ2) is 8.81. The van der Waals surface area contributed by atoms with Crippen molar-refractivity contribution in [2.45, 2.75) is 45.8 Å². The normalized spacial score (nSPS) is 19.0. The van der Waals surface area contributed by atoms with Gasteiger partial charge in [0.25, 0.3) is 5.91 Å². The van der Waals surface area contributed by atoms with Crippen LogP contribution in [-0.4, -0.2) is 28.9 Å². The van der Waals surface area contributed by atoms with Gasteiger partial charge < -0.3 is 16.0 Å². The first-order chi connectivity index (χ1) is 14.2. The second-order valence-electron chi connectivity index (χ2n) is 8.28. The second-order valence-corrected chi connectivity index (χ2v) is 8.28. The fourth-order valence-electron chi connectivity index (χ4n) is 3.45. The average Bonchev–Trinajstić information content (AvgIpc) is 2.69. The minimum atomic E-state index is -0.511. The van der Waals surface area contributed by atoms with E-state index in [0.717, 1.165) is 6.42 Å². The van der Waals surface area contributed by atoms with Crippen LogP contribution in [0.2, 0.25) is 0 Å². The van der Waals surface area contributed by atoms with Crippen LogP contribution in [0.4, 0.5) is 8.78 Å². The number of hydrogen-bond donors (Lipinski definition) is 2. The summed E-state index contributed by atoms with van der Waals surface area (Å²) in [5.41, 5.74) is 7.13. The first-order valence-electron chi connectivity index (χ1n) is 10.1. The van der Waals surface area contributed by atoms with Crippen LogP contribution in [0.5, 0.6) is 0 Å². The fourth-order valence-corrected chi connectivity index (χ4v) is 3.45. The number of nitrogens with two attached hydrogens (primary N) is 1. The van der Waals surface area contributed by atoms with Crippen LogP contribution in [0.15, 0.2) is 47.5 Å². The van der Waals surface area contributed by atoms with Crippen LogP contribution < -0.4 is 11.1 Å². The van der Waals surface area contributed by atoms with Crippen LogP contribution in [0.3, 0.4) is 0 Å². The summed E-state index contributed by atoms with van der Waals surface area (Å²) in [5, 5.41) is 2.64. The number of nitrogens with zero attached hydrogens (tertiary/aromatic N) is 2. The molecule has 0 aromatic heterocycles. The van der Waals surface area contributed by atoms with Gasteiger partial charge in [-0.25, -0.2) is 13.8 Å². The summed E-state index contributed by atoms with van der Waals surface area (Å²) < 4.78 is 27.9. The maximum atomic E-state index is 14.2. The molecule has 160 valence electrons. The maximum absolute atomic E-state index is 14.2. The molecule has 1 atom stereocenters. The average molecular weight is 415 g/mol. The Morgan fingerprint density at radius 3 is 2.67 bits per heavy atom. The monoisotopic (exact) mass is 414 g/mol. The lowest BCUT2D eigenvalue weighted by atomic mass is 9.85. The Kier molecular flexibility index (Phi) is 6.39. The van der Waals surface area contributed by atoms with Gasteiger partial charge >= 0.3 is 0 Å². The van der Waals surface area contributed by atoms with E-state index >= 15 is 0 Å². The minimum absolute atomic E-state index is 0.0247. The quantitative estimate of drug-likeness (QED) is 0.755. The first-order valence-corrected chi connectivity index (χ1v) is 10.1. The zero-order valence-electron chi connectivity index (χ0n) is 17.6. The van der Waals surface area contributed by atoms with E-state index in [1.54, 1.807) is 24.3 Å². The van der Waals surface area contributed by atoms with Gasteiger partial charge in [-0.2, -0.15) is 0 Å². The van der Waals surface area contributed by atoms with Gasteiger partial charge in [0.1, 0.15) is 11.6 Å². The molecule has 1 aliphatic heterocycles. The summed E-state index contributed by atoms with van der Waals surface area (Å²) in [7, 11) is 0. The highest BCUT2D eigenvalue weighted by Gasteiger charge is 2.33. The molecule has 0 spiro atoms.